The fourth-order valence-electron chi connectivity index (χ4n) is 3.22. The average molecular weight is 390 g/mol. The highest BCUT2D eigenvalue weighted by molar-refractivity contribution is 7.16. The summed E-state index contributed by atoms with van der Waals surface area (Å²) in [5.41, 5.74) is 7.38. The Labute approximate surface area is 162 Å². The highest BCUT2D eigenvalue weighted by atomic mass is 32.1. The van der Waals surface area contributed by atoms with Gasteiger partial charge in [-0.2, -0.15) is 0 Å². The number of rotatable bonds is 3. The quantitative estimate of drug-likeness (QED) is 0.430. The minimum Gasteiger partial charge on any atom is -0.358 e. The average Bonchev–Trinajstić information content (AvgIpc) is 3.38. The van der Waals surface area contributed by atoms with Crippen LogP contribution in [0.4, 0.5) is 5.13 Å². The Hall–Kier alpha value is -3.03. The molecule has 5 aromatic rings. The smallest absolute Gasteiger partial charge is 0.257 e. The first kappa shape index (κ1) is 16.2. The number of H-pyrrole nitrogens is 1. The van der Waals surface area contributed by atoms with Crippen molar-refractivity contribution in [2.75, 3.05) is 5.32 Å². The largest absolute Gasteiger partial charge is 0.358 e. The Morgan fingerprint density at radius 2 is 2.04 bits per heavy atom. The maximum absolute atomic E-state index is 12.6. The number of para-hydroxylation sites is 1. The molecule has 0 saturated heterocycles. The molecule has 2 aromatic carbocycles. The zero-order valence-corrected chi connectivity index (χ0v) is 15.9. The van der Waals surface area contributed by atoms with E-state index in [1.54, 1.807) is 11.6 Å². The number of anilines is 1. The maximum atomic E-state index is 12.6. The Balaban J connectivity index is 1.45. The summed E-state index contributed by atoms with van der Waals surface area (Å²) < 4.78 is 0.997. The first-order valence-electron chi connectivity index (χ1n) is 8.37. The molecule has 3 heterocycles. The van der Waals surface area contributed by atoms with Crippen molar-refractivity contribution in [2.24, 2.45) is 0 Å². The number of aromatic amines is 1. The summed E-state index contributed by atoms with van der Waals surface area (Å²) in [7, 11) is 0. The van der Waals surface area contributed by atoms with Crippen molar-refractivity contribution < 1.29 is 4.79 Å². The molecule has 0 fully saturated rings. The molecule has 0 spiro atoms. The van der Waals surface area contributed by atoms with Crippen molar-refractivity contribution in [2.45, 2.75) is 6.92 Å². The van der Waals surface area contributed by atoms with Crippen molar-refractivity contribution in [3.63, 3.8) is 0 Å². The molecule has 1 amide bonds. The number of hydrogen-bond donors (Lipinski definition) is 2. The van der Waals surface area contributed by atoms with E-state index in [0.717, 1.165) is 38.1 Å². The van der Waals surface area contributed by atoms with E-state index < -0.39 is 0 Å². The molecule has 7 heteroatoms. The standard InChI is InChI=1S/C20H14N4OS2/c1-11-18(13-4-2-3-5-14(13)22-11)16-9-26-20(23-16)24-19(25)12-6-7-15-17(8-12)27-10-21-15/h2-10,22H,1H3,(H,23,24,25). The van der Waals surface area contributed by atoms with E-state index in [0.29, 0.717) is 10.7 Å². The Kier molecular flexibility index (Phi) is 3.77. The SMILES string of the molecule is Cc1[nH]c2ccccc2c1-c1csc(NC(=O)c2ccc3ncsc3c2)n1. The van der Waals surface area contributed by atoms with Gasteiger partial charge in [-0.1, -0.05) is 18.2 Å². The van der Waals surface area contributed by atoms with Crippen LogP contribution in [-0.4, -0.2) is 20.9 Å². The molecule has 0 aliphatic heterocycles. The summed E-state index contributed by atoms with van der Waals surface area (Å²) >= 11 is 2.95. The molecular weight excluding hydrogens is 376 g/mol. The van der Waals surface area contributed by atoms with Gasteiger partial charge in [0, 0.05) is 33.1 Å². The Morgan fingerprint density at radius 1 is 1.15 bits per heavy atom. The lowest BCUT2D eigenvalue weighted by atomic mass is 10.1. The third-order valence-corrected chi connectivity index (χ3v) is 6.02. The third-order valence-electron chi connectivity index (χ3n) is 4.47. The summed E-state index contributed by atoms with van der Waals surface area (Å²) in [4.78, 5) is 24.9. The van der Waals surface area contributed by atoms with Gasteiger partial charge in [-0.05, 0) is 31.2 Å². The lowest BCUT2D eigenvalue weighted by molar-refractivity contribution is 0.102. The van der Waals surface area contributed by atoms with Crippen LogP contribution in [0.25, 0.3) is 32.4 Å². The summed E-state index contributed by atoms with van der Waals surface area (Å²) in [6.07, 6.45) is 0. The second-order valence-electron chi connectivity index (χ2n) is 6.20. The lowest BCUT2D eigenvalue weighted by Gasteiger charge is -2.02. The van der Waals surface area contributed by atoms with Crippen LogP contribution in [0.2, 0.25) is 0 Å². The van der Waals surface area contributed by atoms with E-state index in [4.69, 9.17) is 0 Å². The number of aryl methyl sites for hydroxylation is 1. The van der Waals surface area contributed by atoms with Gasteiger partial charge in [-0.15, -0.1) is 22.7 Å². The first-order chi connectivity index (χ1) is 13.2. The summed E-state index contributed by atoms with van der Waals surface area (Å²) in [5.74, 6) is -0.165. The highest BCUT2D eigenvalue weighted by Crippen LogP contribution is 2.34. The lowest BCUT2D eigenvalue weighted by Crippen LogP contribution is -2.11. The topological polar surface area (TPSA) is 70.7 Å². The molecule has 3 aromatic heterocycles. The molecule has 0 atom stereocenters. The van der Waals surface area contributed by atoms with E-state index >= 15 is 0 Å². The summed E-state index contributed by atoms with van der Waals surface area (Å²) in [6, 6.07) is 13.7. The molecule has 0 bridgehead atoms. The summed E-state index contributed by atoms with van der Waals surface area (Å²) in [6.45, 7) is 2.04. The van der Waals surface area contributed by atoms with Crippen LogP contribution in [0.3, 0.4) is 0 Å². The van der Waals surface area contributed by atoms with Gasteiger partial charge in [0.15, 0.2) is 5.13 Å². The number of carbonyl (C=O) groups is 1. The number of amides is 1. The molecule has 132 valence electrons. The first-order valence-corrected chi connectivity index (χ1v) is 10.1. The monoisotopic (exact) mass is 390 g/mol. The predicted molar refractivity (Wildman–Crippen MR) is 112 cm³/mol. The molecule has 0 aliphatic carbocycles. The number of thiazole rings is 2. The highest BCUT2D eigenvalue weighted by Gasteiger charge is 2.15. The molecule has 0 saturated carbocycles. The number of aromatic nitrogens is 3. The van der Waals surface area contributed by atoms with Gasteiger partial charge in [0.25, 0.3) is 5.91 Å². The fourth-order valence-corrected chi connectivity index (χ4v) is 4.63. The van der Waals surface area contributed by atoms with E-state index in [-0.39, 0.29) is 5.91 Å². The van der Waals surface area contributed by atoms with Crippen molar-refractivity contribution in [3.8, 4) is 11.3 Å². The normalized spacial score (nSPS) is 11.3. The van der Waals surface area contributed by atoms with Crippen molar-refractivity contribution in [1.29, 1.82) is 0 Å². The van der Waals surface area contributed by atoms with Crippen LogP contribution >= 0.6 is 22.7 Å². The molecule has 0 aliphatic rings. The molecule has 5 rings (SSSR count). The van der Waals surface area contributed by atoms with Crippen LogP contribution < -0.4 is 5.32 Å². The number of benzene rings is 2. The zero-order valence-electron chi connectivity index (χ0n) is 14.3. The van der Waals surface area contributed by atoms with Crippen molar-refractivity contribution >= 4 is 54.8 Å². The van der Waals surface area contributed by atoms with Gasteiger partial charge in [-0.25, -0.2) is 9.97 Å². The van der Waals surface area contributed by atoms with Gasteiger partial charge in [0.05, 0.1) is 21.4 Å². The number of hydrogen-bond acceptors (Lipinski definition) is 5. The molecule has 0 radical (unpaired) electrons. The van der Waals surface area contributed by atoms with E-state index in [2.05, 4.69) is 32.4 Å². The third kappa shape index (κ3) is 2.81. The second-order valence-corrected chi connectivity index (χ2v) is 7.94. The van der Waals surface area contributed by atoms with Crippen molar-refractivity contribution in [1.82, 2.24) is 15.0 Å². The molecule has 2 N–H and O–H groups in total. The Morgan fingerprint density at radius 3 is 2.96 bits per heavy atom. The van der Waals surface area contributed by atoms with E-state index in [1.807, 2.05) is 36.6 Å². The van der Waals surface area contributed by atoms with Gasteiger partial charge in [-0.3, -0.25) is 10.1 Å². The number of carbonyl (C=O) groups excluding carboxylic acids is 1. The predicted octanol–water partition coefficient (Wildman–Crippen LogP) is 5.46. The molecule has 0 unspecified atom stereocenters. The fraction of sp³-hybridized carbons (Fsp3) is 0.0500. The number of fused-ring (bicyclic) bond motifs is 2. The van der Waals surface area contributed by atoms with Crippen LogP contribution in [0, 0.1) is 6.92 Å². The molecular formula is C20H14N4OS2. The molecule has 27 heavy (non-hydrogen) atoms. The zero-order chi connectivity index (χ0) is 18.4. The minimum absolute atomic E-state index is 0.165. The summed E-state index contributed by atoms with van der Waals surface area (Å²) in [5, 5.41) is 6.60. The number of nitrogens with zero attached hydrogens (tertiary/aromatic N) is 2. The Bertz CT molecular complexity index is 1300. The van der Waals surface area contributed by atoms with Gasteiger partial charge in [0.2, 0.25) is 0 Å². The maximum Gasteiger partial charge on any atom is 0.257 e. The van der Waals surface area contributed by atoms with Crippen LogP contribution in [-0.2, 0) is 0 Å². The number of nitrogens with one attached hydrogen (secondary N) is 2. The van der Waals surface area contributed by atoms with Crippen LogP contribution in [0.5, 0.6) is 0 Å². The van der Waals surface area contributed by atoms with Gasteiger partial charge < -0.3 is 4.98 Å². The van der Waals surface area contributed by atoms with Gasteiger partial charge in [0.1, 0.15) is 0 Å². The van der Waals surface area contributed by atoms with Crippen LogP contribution in [0.1, 0.15) is 16.1 Å². The molecule has 5 nitrogen and oxygen atoms in total. The van der Waals surface area contributed by atoms with E-state index in [1.165, 1.54) is 22.7 Å². The van der Waals surface area contributed by atoms with Crippen LogP contribution in [0.15, 0.2) is 53.4 Å². The van der Waals surface area contributed by atoms with E-state index in [9.17, 15) is 4.79 Å². The van der Waals surface area contributed by atoms with Crippen molar-refractivity contribution in [3.05, 3.63) is 64.6 Å². The van der Waals surface area contributed by atoms with Gasteiger partial charge >= 0.3 is 0 Å². The second kappa shape index (κ2) is 6.29. The minimum atomic E-state index is -0.165.